The molecule has 1 fully saturated rings. The molecule has 1 aliphatic rings. The van der Waals surface area contributed by atoms with Crippen molar-refractivity contribution in [3.63, 3.8) is 0 Å². The van der Waals surface area contributed by atoms with Gasteiger partial charge in [0.25, 0.3) is 5.91 Å². The fourth-order valence-corrected chi connectivity index (χ4v) is 3.77. The van der Waals surface area contributed by atoms with Crippen molar-refractivity contribution < 1.29 is 4.79 Å². The first kappa shape index (κ1) is 17.1. The second kappa shape index (κ2) is 7.01. The number of rotatable bonds is 4. The first-order valence-corrected chi connectivity index (χ1v) is 9.10. The summed E-state index contributed by atoms with van der Waals surface area (Å²) in [5, 5.41) is 2.62. The van der Waals surface area contributed by atoms with E-state index in [9.17, 15) is 4.79 Å². The van der Waals surface area contributed by atoms with Gasteiger partial charge in [-0.25, -0.2) is 4.98 Å². The molecule has 1 aliphatic heterocycles. The molecule has 0 unspecified atom stereocenters. The van der Waals surface area contributed by atoms with E-state index in [1.165, 1.54) is 16.9 Å². The summed E-state index contributed by atoms with van der Waals surface area (Å²) in [4.78, 5) is 21.4. The number of carbonyl (C=O) groups is 1. The van der Waals surface area contributed by atoms with Crippen LogP contribution in [0.4, 0.5) is 0 Å². The van der Waals surface area contributed by atoms with Gasteiger partial charge in [0, 0.05) is 43.6 Å². The summed E-state index contributed by atoms with van der Waals surface area (Å²) in [6.07, 6.45) is 0. The maximum Gasteiger partial charge on any atom is 0.273 e. The zero-order chi connectivity index (χ0) is 17.2. The van der Waals surface area contributed by atoms with E-state index in [1.54, 1.807) is 0 Å². The third-order valence-corrected chi connectivity index (χ3v) is 5.39. The Kier molecular flexibility index (Phi) is 4.99. The van der Waals surface area contributed by atoms with Gasteiger partial charge in [-0.2, -0.15) is 0 Å². The molecule has 0 atom stereocenters. The van der Waals surface area contributed by atoms with Gasteiger partial charge in [-0.3, -0.25) is 9.69 Å². The van der Waals surface area contributed by atoms with Crippen LogP contribution in [0.15, 0.2) is 35.7 Å². The zero-order valence-corrected chi connectivity index (χ0v) is 15.1. The summed E-state index contributed by atoms with van der Waals surface area (Å²) >= 11 is 1.45. The third-order valence-electron chi connectivity index (χ3n) is 4.52. The van der Waals surface area contributed by atoms with Crippen molar-refractivity contribution in [3.8, 4) is 0 Å². The van der Waals surface area contributed by atoms with Gasteiger partial charge in [0.2, 0.25) is 0 Å². The number of aromatic nitrogens is 1. The molecular formula is C18H24N4OS. The summed E-state index contributed by atoms with van der Waals surface area (Å²) in [6, 6.07) is 10.5. The molecule has 0 radical (unpaired) electrons. The summed E-state index contributed by atoms with van der Waals surface area (Å²) in [5.74, 6) is 0.0124. The second-order valence-corrected chi connectivity index (χ2v) is 7.72. The average Bonchev–Trinajstić information content (AvgIpc) is 3.06. The molecule has 2 heterocycles. The lowest BCUT2D eigenvalue weighted by Gasteiger charge is -2.47. The van der Waals surface area contributed by atoms with Crippen molar-refractivity contribution in [3.05, 3.63) is 52.0 Å². The van der Waals surface area contributed by atoms with Gasteiger partial charge in [0.05, 0.1) is 0 Å². The molecule has 1 saturated heterocycles. The highest BCUT2D eigenvalue weighted by atomic mass is 32.1. The molecule has 0 saturated carbocycles. The van der Waals surface area contributed by atoms with E-state index in [4.69, 9.17) is 5.73 Å². The summed E-state index contributed by atoms with van der Waals surface area (Å²) in [6.45, 7) is 7.97. The number of hydrogen-bond acceptors (Lipinski definition) is 5. The molecule has 1 aromatic heterocycles. The molecule has 1 aromatic carbocycles. The average molecular weight is 344 g/mol. The van der Waals surface area contributed by atoms with Crippen molar-refractivity contribution >= 4 is 17.2 Å². The van der Waals surface area contributed by atoms with E-state index in [0.717, 1.165) is 24.6 Å². The lowest BCUT2D eigenvalue weighted by atomic mass is 9.97. The van der Waals surface area contributed by atoms with E-state index < -0.39 is 0 Å². The van der Waals surface area contributed by atoms with Crippen molar-refractivity contribution in [1.29, 1.82) is 0 Å². The van der Waals surface area contributed by atoms with Gasteiger partial charge >= 0.3 is 0 Å². The van der Waals surface area contributed by atoms with Crippen molar-refractivity contribution in [1.82, 2.24) is 14.8 Å². The van der Waals surface area contributed by atoms with Crippen LogP contribution in [0.2, 0.25) is 0 Å². The highest BCUT2D eigenvalue weighted by Crippen LogP contribution is 2.24. The molecule has 2 aromatic rings. The highest BCUT2D eigenvalue weighted by Gasteiger charge is 2.36. The maximum atomic E-state index is 12.7. The van der Waals surface area contributed by atoms with Crippen LogP contribution in [-0.4, -0.2) is 45.9 Å². The van der Waals surface area contributed by atoms with Crippen LogP contribution in [0.5, 0.6) is 0 Å². The number of thiazole rings is 1. The van der Waals surface area contributed by atoms with Gasteiger partial charge in [-0.15, -0.1) is 11.3 Å². The molecule has 5 nitrogen and oxygen atoms in total. The minimum atomic E-state index is -0.0729. The zero-order valence-electron chi connectivity index (χ0n) is 14.2. The van der Waals surface area contributed by atoms with Crippen molar-refractivity contribution in [2.75, 3.05) is 19.6 Å². The topological polar surface area (TPSA) is 62.5 Å². The first-order valence-electron chi connectivity index (χ1n) is 8.22. The molecule has 1 amide bonds. The SMILES string of the molecule is CC1(C)CN(C(=O)c2csc(CN)n2)CCN1Cc1ccccc1. The van der Waals surface area contributed by atoms with Crippen LogP contribution in [0, 0.1) is 0 Å². The molecule has 2 N–H and O–H groups in total. The molecule has 6 heteroatoms. The Hall–Kier alpha value is -1.76. The summed E-state index contributed by atoms with van der Waals surface area (Å²) < 4.78 is 0. The molecule has 3 rings (SSSR count). The molecular weight excluding hydrogens is 320 g/mol. The largest absolute Gasteiger partial charge is 0.334 e. The van der Waals surface area contributed by atoms with Crippen LogP contribution in [0.25, 0.3) is 0 Å². The number of hydrogen-bond donors (Lipinski definition) is 1. The number of benzene rings is 1. The molecule has 0 aliphatic carbocycles. The van der Waals surface area contributed by atoms with E-state index in [0.29, 0.717) is 18.8 Å². The molecule has 24 heavy (non-hydrogen) atoms. The minimum Gasteiger partial charge on any atom is -0.334 e. The van der Waals surface area contributed by atoms with Crippen LogP contribution >= 0.6 is 11.3 Å². The third kappa shape index (κ3) is 3.66. The quantitative estimate of drug-likeness (QED) is 0.925. The predicted molar refractivity (Wildman–Crippen MR) is 96.8 cm³/mol. The Balaban J connectivity index is 1.67. The Morgan fingerprint density at radius 1 is 1.29 bits per heavy atom. The number of carbonyl (C=O) groups excluding carboxylic acids is 1. The smallest absolute Gasteiger partial charge is 0.273 e. The normalized spacial score (nSPS) is 17.9. The molecule has 0 bridgehead atoms. The van der Waals surface area contributed by atoms with Crippen LogP contribution in [-0.2, 0) is 13.1 Å². The van der Waals surface area contributed by atoms with Crippen LogP contribution in [0.1, 0.15) is 34.9 Å². The summed E-state index contributed by atoms with van der Waals surface area (Å²) in [7, 11) is 0. The lowest BCUT2D eigenvalue weighted by molar-refractivity contribution is 0.0136. The standard InChI is InChI=1S/C18H24N4OS/c1-18(2)13-21(17(23)15-12-24-16(10-19)20-15)8-9-22(18)11-14-6-4-3-5-7-14/h3-7,12H,8-11,13,19H2,1-2H3. The highest BCUT2D eigenvalue weighted by molar-refractivity contribution is 7.09. The Labute approximate surface area is 147 Å². The number of nitrogens with two attached hydrogens (primary N) is 1. The number of piperazine rings is 1. The molecule has 128 valence electrons. The van der Waals surface area contributed by atoms with Crippen molar-refractivity contribution in [2.45, 2.75) is 32.5 Å². The fourth-order valence-electron chi connectivity index (χ4n) is 3.13. The minimum absolute atomic E-state index is 0.0124. The van der Waals surface area contributed by atoms with Gasteiger partial charge < -0.3 is 10.6 Å². The monoisotopic (exact) mass is 344 g/mol. The molecule has 0 spiro atoms. The van der Waals surface area contributed by atoms with Crippen molar-refractivity contribution in [2.24, 2.45) is 5.73 Å². The van der Waals surface area contributed by atoms with Gasteiger partial charge in [-0.05, 0) is 19.4 Å². The predicted octanol–water partition coefficient (Wildman–Crippen LogP) is 2.34. The van der Waals surface area contributed by atoms with Crippen LogP contribution in [0.3, 0.4) is 0 Å². The lowest BCUT2D eigenvalue weighted by Crippen LogP contribution is -2.60. The maximum absolute atomic E-state index is 12.7. The Morgan fingerprint density at radius 3 is 2.67 bits per heavy atom. The van der Waals surface area contributed by atoms with Gasteiger partial charge in [-0.1, -0.05) is 30.3 Å². The van der Waals surface area contributed by atoms with Gasteiger partial charge in [0.1, 0.15) is 10.7 Å². The Bertz CT molecular complexity index is 698. The van der Waals surface area contributed by atoms with Gasteiger partial charge in [0.15, 0.2) is 0 Å². The van der Waals surface area contributed by atoms with E-state index in [1.807, 2.05) is 16.3 Å². The van der Waals surface area contributed by atoms with E-state index >= 15 is 0 Å². The van der Waals surface area contributed by atoms with E-state index in [-0.39, 0.29) is 11.4 Å². The fraction of sp³-hybridized carbons (Fsp3) is 0.444. The number of nitrogens with zero attached hydrogens (tertiary/aromatic N) is 3. The summed E-state index contributed by atoms with van der Waals surface area (Å²) in [5.41, 5.74) is 7.34. The second-order valence-electron chi connectivity index (χ2n) is 6.78. The number of amides is 1. The van der Waals surface area contributed by atoms with Crippen LogP contribution < -0.4 is 5.73 Å². The van der Waals surface area contributed by atoms with E-state index in [2.05, 4.69) is 48.0 Å². The Morgan fingerprint density at radius 2 is 2.04 bits per heavy atom. The first-order chi connectivity index (χ1) is 11.5.